The van der Waals surface area contributed by atoms with E-state index in [0.717, 1.165) is 63.0 Å². The highest BCUT2D eigenvalue weighted by molar-refractivity contribution is 14.0. The molecule has 0 saturated carbocycles. The van der Waals surface area contributed by atoms with Crippen LogP contribution in [0, 0.1) is 11.8 Å². The van der Waals surface area contributed by atoms with Crippen molar-refractivity contribution >= 4 is 41.5 Å². The lowest BCUT2D eigenvalue weighted by Crippen LogP contribution is -2.37. The summed E-state index contributed by atoms with van der Waals surface area (Å²) in [7, 11) is 1.76. The number of hydrogen-bond donors (Lipinski definition) is 3. The first-order chi connectivity index (χ1) is 13.6. The minimum atomic E-state index is -0.0298. The van der Waals surface area contributed by atoms with Crippen LogP contribution in [0.5, 0.6) is 0 Å². The van der Waals surface area contributed by atoms with Crippen LogP contribution in [0.2, 0.25) is 0 Å². The smallest absolute Gasteiger partial charge is 0.226 e. The molecule has 1 saturated heterocycles. The molecule has 1 atom stereocenters. The molecule has 1 aromatic rings. The van der Waals surface area contributed by atoms with Crippen molar-refractivity contribution in [2.75, 3.05) is 45.3 Å². The number of amides is 1. The lowest BCUT2D eigenvalue weighted by Gasteiger charge is -2.13. The molecular weight excluding hydrogens is 483 g/mol. The Labute approximate surface area is 191 Å². The van der Waals surface area contributed by atoms with E-state index in [0.29, 0.717) is 12.5 Å². The van der Waals surface area contributed by atoms with Crippen LogP contribution >= 0.6 is 24.0 Å². The van der Waals surface area contributed by atoms with Crippen LogP contribution in [0.4, 0.5) is 5.69 Å². The van der Waals surface area contributed by atoms with Crippen molar-refractivity contribution < 1.29 is 14.3 Å². The third-order valence-electron chi connectivity index (χ3n) is 4.56. The fourth-order valence-electron chi connectivity index (χ4n) is 2.74. The SMILES string of the molecule is CN=C(NCCCOCC1CCOC1)NCc1ccc(NC(=O)C(C)C)cc1.I. The highest BCUT2D eigenvalue weighted by Crippen LogP contribution is 2.12. The van der Waals surface area contributed by atoms with Crippen LogP contribution in [0.3, 0.4) is 0 Å². The topological polar surface area (TPSA) is 84.0 Å². The number of benzene rings is 1. The zero-order valence-electron chi connectivity index (χ0n) is 17.7. The van der Waals surface area contributed by atoms with E-state index in [9.17, 15) is 4.79 Å². The molecule has 1 fully saturated rings. The molecule has 1 amide bonds. The highest BCUT2D eigenvalue weighted by atomic mass is 127. The molecule has 164 valence electrons. The summed E-state index contributed by atoms with van der Waals surface area (Å²) in [5.41, 5.74) is 1.93. The second kappa shape index (κ2) is 14.6. The zero-order chi connectivity index (χ0) is 20.2. The molecule has 0 spiro atoms. The van der Waals surface area contributed by atoms with Crippen LogP contribution in [-0.2, 0) is 20.8 Å². The number of guanidine groups is 1. The van der Waals surface area contributed by atoms with Crippen LogP contribution in [0.25, 0.3) is 0 Å². The summed E-state index contributed by atoms with van der Waals surface area (Å²) in [6.07, 6.45) is 2.04. The Hall–Kier alpha value is -1.39. The van der Waals surface area contributed by atoms with Gasteiger partial charge in [-0.25, -0.2) is 0 Å². The molecule has 1 unspecified atom stereocenters. The molecule has 1 aliphatic heterocycles. The number of nitrogens with zero attached hydrogens (tertiary/aromatic N) is 1. The van der Waals surface area contributed by atoms with Gasteiger partial charge in [0.05, 0.1) is 13.2 Å². The maximum Gasteiger partial charge on any atom is 0.226 e. The fourth-order valence-corrected chi connectivity index (χ4v) is 2.74. The van der Waals surface area contributed by atoms with Gasteiger partial charge >= 0.3 is 0 Å². The zero-order valence-corrected chi connectivity index (χ0v) is 20.0. The minimum absolute atomic E-state index is 0. The van der Waals surface area contributed by atoms with Crippen molar-refractivity contribution in [2.45, 2.75) is 33.2 Å². The molecule has 0 bridgehead atoms. The Balaban J connectivity index is 0.00000420. The van der Waals surface area contributed by atoms with E-state index < -0.39 is 0 Å². The van der Waals surface area contributed by atoms with Gasteiger partial charge in [-0.2, -0.15) is 0 Å². The lowest BCUT2D eigenvalue weighted by molar-refractivity contribution is -0.118. The number of carbonyl (C=O) groups is 1. The van der Waals surface area contributed by atoms with E-state index >= 15 is 0 Å². The van der Waals surface area contributed by atoms with Gasteiger partial charge in [0.1, 0.15) is 0 Å². The monoisotopic (exact) mass is 518 g/mol. The Morgan fingerprint density at radius 1 is 1.28 bits per heavy atom. The van der Waals surface area contributed by atoms with Crippen molar-refractivity contribution in [3.05, 3.63) is 29.8 Å². The molecule has 2 rings (SSSR count). The van der Waals surface area contributed by atoms with Crippen molar-refractivity contribution in [3.8, 4) is 0 Å². The third kappa shape index (κ3) is 10.3. The van der Waals surface area contributed by atoms with Gasteiger partial charge in [-0.1, -0.05) is 26.0 Å². The standard InChI is InChI=1S/C21H34N4O3.HI/c1-16(2)20(26)25-19-7-5-17(6-8-19)13-24-21(22-3)23-10-4-11-27-14-18-9-12-28-15-18;/h5-8,16,18H,4,9-15H2,1-3H3,(H,25,26)(H2,22,23,24);1H. The van der Waals surface area contributed by atoms with E-state index in [4.69, 9.17) is 9.47 Å². The number of nitrogens with one attached hydrogen (secondary N) is 3. The van der Waals surface area contributed by atoms with Crippen LogP contribution in [0.1, 0.15) is 32.3 Å². The number of ether oxygens (including phenoxy) is 2. The number of hydrogen-bond acceptors (Lipinski definition) is 4. The van der Waals surface area contributed by atoms with Crippen molar-refractivity contribution in [1.82, 2.24) is 10.6 Å². The second-order valence-electron chi connectivity index (χ2n) is 7.35. The summed E-state index contributed by atoms with van der Waals surface area (Å²) >= 11 is 0. The first-order valence-electron chi connectivity index (χ1n) is 10.1. The average Bonchev–Trinajstić information content (AvgIpc) is 3.21. The Morgan fingerprint density at radius 2 is 2.03 bits per heavy atom. The Bertz CT molecular complexity index is 617. The van der Waals surface area contributed by atoms with E-state index in [1.807, 2.05) is 38.1 Å². The summed E-state index contributed by atoms with van der Waals surface area (Å²) in [5.74, 6) is 1.32. The fraction of sp³-hybridized carbons (Fsp3) is 0.619. The molecule has 29 heavy (non-hydrogen) atoms. The molecule has 1 aromatic carbocycles. The van der Waals surface area contributed by atoms with Gasteiger partial charge in [-0.15, -0.1) is 24.0 Å². The van der Waals surface area contributed by atoms with Gasteiger partial charge in [0.15, 0.2) is 5.96 Å². The molecule has 8 heteroatoms. The number of carbonyl (C=O) groups excluding carboxylic acids is 1. The maximum atomic E-state index is 11.7. The Morgan fingerprint density at radius 3 is 2.66 bits per heavy atom. The highest BCUT2D eigenvalue weighted by Gasteiger charge is 2.15. The lowest BCUT2D eigenvalue weighted by atomic mass is 10.1. The summed E-state index contributed by atoms with van der Waals surface area (Å²) in [6.45, 7) is 8.46. The molecule has 3 N–H and O–H groups in total. The van der Waals surface area contributed by atoms with Gasteiger partial charge in [-0.05, 0) is 30.5 Å². The molecule has 1 aliphatic rings. The molecule has 7 nitrogen and oxygen atoms in total. The molecule has 0 aromatic heterocycles. The number of halogens is 1. The third-order valence-corrected chi connectivity index (χ3v) is 4.56. The molecule has 1 heterocycles. The first kappa shape index (κ1) is 25.6. The van der Waals surface area contributed by atoms with E-state index in [1.165, 1.54) is 0 Å². The van der Waals surface area contributed by atoms with Crippen molar-refractivity contribution in [3.63, 3.8) is 0 Å². The largest absolute Gasteiger partial charge is 0.381 e. The summed E-state index contributed by atoms with van der Waals surface area (Å²) in [6, 6.07) is 7.83. The van der Waals surface area contributed by atoms with Gasteiger partial charge in [0.25, 0.3) is 0 Å². The van der Waals surface area contributed by atoms with E-state index in [1.54, 1.807) is 7.05 Å². The summed E-state index contributed by atoms with van der Waals surface area (Å²) in [4.78, 5) is 16.0. The number of anilines is 1. The van der Waals surface area contributed by atoms with Gasteiger partial charge in [-0.3, -0.25) is 9.79 Å². The van der Waals surface area contributed by atoms with E-state index in [-0.39, 0.29) is 35.8 Å². The predicted octanol–water partition coefficient (Wildman–Crippen LogP) is 3.01. The quantitative estimate of drug-likeness (QED) is 0.192. The molecule has 0 aliphatic carbocycles. The first-order valence-corrected chi connectivity index (χ1v) is 10.1. The van der Waals surface area contributed by atoms with E-state index in [2.05, 4.69) is 20.9 Å². The molecular formula is C21H35IN4O3. The summed E-state index contributed by atoms with van der Waals surface area (Å²) in [5, 5.41) is 9.48. The average molecular weight is 518 g/mol. The van der Waals surface area contributed by atoms with Gasteiger partial charge in [0.2, 0.25) is 5.91 Å². The van der Waals surface area contributed by atoms with Gasteiger partial charge in [0, 0.05) is 50.9 Å². The second-order valence-corrected chi connectivity index (χ2v) is 7.35. The minimum Gasteiger partial charge on any atom is -0.381 e. The number of rotatable bonds is 10. The van der Waals surface area contributed by atoms with Crippen LogP contribution < -0.4 is 16.0 Å². The number of aliphatic imine (C=N–C) groups is 1. The normalized spacial score (nSPS) is 16.4. The van der Waals surface area contributed by atoms with Crippen LogP contribution in [-0.4, -0.2) is 51.9 Å². The summed E-state index contributed by atoms with van der Waals surface area (Å²) < 4.78 is 11.0. The van der Waals surface area contributed by atoms with Gasteiger partial charge < -0.3 is 25.4 Å². The van der Waals surface area contributed by atoms with Crippen LogP contribution in [0.15, 0.2) is 29.3 Å². The van der Waals surface area contributed by atoms with Crippen molar-refractivity contribution in [2.24, 2.45) is 16.8 Å². The maximum absolute atomic E-state index is 11.7. The Kier molecular flexibility index (Phi) is 12.9. The molecule has 0 radical (unpaired) electrons. The predicted molar refractivity (Wildman–Crippen MR) is 128 cm³/mol. The van der Waals surface area contributed by atoms with Crippen molar-refractivity contribution in [1.29, 1.82) is 0 Å².